The van der Waals surface area contributed by atoms with Crippen LogP contribution in [0.25, 0.3) is 0 Å². The number of nitrogens with one attached hydrogen (secondary N) is 1. The lowest BCUT2D eigenvalue weighted by molar-refractivity contribution is -0.128. The van der Waals surface area contributed by atoms with Crippen LogP contribution in [-0.2, 0) is 4.79 Å². The third kappa shape index (κ3) is 4.12. The van der Waals surface area contributed by atoms with E-state index in [2.05, 4.69) is 5.32 Å². The van der Waals surface area contributed by atoms with Crippen molar-refractivity contribution in [2.24, 2.45) is 11.8 Å². The zero-order valence-corrected chi connectivity index (χ0v) is 10.5. The maximum atomic E-state index is 11.9. The Bertz CT molecular complexity index is 208. The summed E-state index contributed by atoms with van der Waals surface area (Å²) >= 11 is 0. The van der Waals surface area contributed by atoms with Crippen LogP contribution in [0.15, 0.2) is 0 Å². The molecule has 0 aromatic heterocycles. The Labute approximate surface area is 98.6 Å². The zero-order chi connectivity index (χ0) is 12.0. The molecule has 16 heavy (non-hydrogen) atoms. The highest BCUT2D eigenvalue weighted by Crippen LogP contribution is 2.18. The highest BCUT2D eigenvalue weighted by atomic mass is 16.3. The second-order valence-electron chi connectivity index (χ2n) is 5.23. The number of aliphatic hydroxyl groups excluding tert-OH is 1. The van der Waals surface area contributed by atoms with Crippen molar-refractivity contribution >= 4 is 5.91 Å². The van der Waals surface area contributed by atoms with Crippen LogP contribution in [0.1, 0.15) is 52.4 Å². The SMILES string of the molecule is CC(C)C(CO)C(=O)NC1CCCCCC1. The van der Waals surface area contributed by atoms with Gasteiger partial charge in [-0.1, -0.05) is 39.5 Å². The van der Waals surface area contributed by atoms with Crippen LogP contribution in [0.3, 0.4) is 0 Å². The van der Waals surface area contributed by atoms with Crippen LogP contribution in [0.2, 0.25) is 0 Å². The van der Waals surface area contributed by atoms with Crippen molar-refractivity contribution in [3.05, 3.63) is 0 Å². The molecule has 0 aromatic rings. The Morgan fingerprint density at radius 3 is 2.25 bits per heavy atom. The monoisotopic (exact) mass is 227 g/mol. The highest BCUT2D eigenvalue weighted by Gasteiger charge is 2.23. The summed E-state index contributed by atoms with van der Waals surface area (Å²) in [6, 6.07) is 0.336. The smallest absolute Gasteiger partial charge is 0.225 e. The van der Waals surface area contributed by atoms with Gasteiger partial charge >= 0.3 is 0 Å². The third-order valence-corrected chi connectivity index (χ3v) is 3.54. The maximum absolute atomic E-state index is 11.9. The number of aliphatic hydroxyl groups is 1. The Morgan fingerprint density at radius 2 is 1.81 bits per heavy atom. The molecule has 1 aliphatic rings. The van der Waals surface area contributed by atoms with Crippen LogP contribution in [0.5, 0.6) is 0 Å². The molecular weight excluding hydrogens is 202 g/mol. The number of hydrogen-bond acceptors (Lipinski definition) is 2. The molecule has 3 nitrogen and oxygen atoms in total. The van der Waals surface area contributed by atoms with Gasteiger partial charge in [0.2, 0.25) is 5.91 Å². The predicted octanol–water partition coefficient (Wildman–Crippen LogP) is 2.09. The van der Waals surface area contributed by atoms with Crippen molar-refractivity contribution in [1.82, 2.24) is 5.32 Å². The quantitative estimate of drug-likeness (QED) is 0.722. The van der Waals surface area contributed by atoms with E-state index in [4.69, 9.17) is 0 Å². The van der Waals surface area contributed by atoms with Gasteiger partial charge in [0.15, 0.2) is 0 Å². The fourth-order valence-electron chi connectivity index (χ4n) is 2.33. The number of rotatable bonds is 4. The van der Waals surface area contributed by atoms with E-state index in [9.17, 15) is 9.90 Å². The van der Waals surface area contributed by atoms with E-state index in [1.165, 1.54) is 25.7 Å². The molecule has 1 atom stereocenters. The van der Waals surface area contributed by atoms with Crippen LogP contribution in [-0.4, -0.2) is 23.7 Å². The highest BCUT2D eigenvalue weighted by molar-refractivity contribution is 5.79. The van der Waals surface area contributed by atoms with Crippen molar-refractivity contribution in [3.8, 4) is 0 Å². The van der Waals surface area contributed by atoms with Gasteiger partial charge < -0.3 is 10.4 Å². The lowest BCUT2D eigenvalue weighted by Gasteiger charge is -2.22. The molecule has 1 aliphatic carbocycles. The van der Waals surface area contributed by atoms with Gasteiger partial charge in [0.25, 0.3) is 0 Å². The van der Waals surface area contributed by atoms with Crippen LogP contribution in [0, 0.1) is 11.8 Å². The molecule has 94 valence electrons. The van der Waals surface area contributed by atoms with Gasteiger partial charge in [0.05, 0.1) is 12.5 Å². The summed E-state index contributed by atoms with van der Waals surface area (Å²) in [5.74, 6) is -0.0107. The fraction of sp³-hybridized carbons (Fsp3) is 0.923. The van der Waals surface area contributed by atoms with Crippen LogP contribution in [0.4, 0.5) is 0 Å². The molecule has 0 radical (unpaired) electrons. The van der Waals surface area contributed by atoms with Crippen LogP contribution >= 0.6 is 0 Å². The molecule has 1 unspecified atom stereocenters. The first-order valence-corrected chi connectivity index (χ1v) is 6.56. The van der Waals surface area contributed by atoms with Crippen molar-refractivity contribution in [2.45, 2.75) is 58.4 Å². The van der Waals surface area contributed by atoms with E-state index >= 15 is 0 Å². The minimum absolute atomic E-state index is 0.0319. The number of hydrogen-bond donors (Lipinski definition) is 2. The van der Waals surface area contributed by atoms with Crippen molar-refractivity contribution < 1.29 is 9.90 Å². The summed E-state index contributed by atoms with van der Waals surface area (Å²) in [6.07, 6.45) is 7.22. The molecule has 1 saturated carbocycles. The summed E-state index contributed by atoms with van der Waals surface area (Å²) in [5.41, 5.74) is 0. The van der Waals surface area contributed by atoms with E-state index in [1.807, 2.05) is 13.8 Å². The van der Waals surface area contributed by atoms with E-state index in [0.29, 0.717) is 6.04 Å². The van der Waals surface area contributed by atoms with Gasteiger partial charge in [-0.05, 0) is 18.8 Å². The second kappa shape index (κ2) is 6.89. The summed E-state index contributed by atoms with van der Waals surface area (Å²) in [7, 11) is 0. The molecule has 1 rings (SSSR count). The topological polar surface area (TPSA) is 49.3 Å². The van der Waals surface area contributed by atoms with E-state index < -0.39 is 0 Å². The van der Waals surface area contributed by atoms with Crippen molar-refractivity contribution in [2.75, 3.05) is 6.61 Å². The summed E-state index contributed by atoms with van der Waals surface area (Å²) in [4.78, 5) is 11.9. The molecule has 0 heterocycles. The minimum atomic E-state index is -0.247. The lowest BCUT2D eigenvalue weighted by atomic mass is 9.95. The van der Waals surface area contributed by atoms with Crippen LogP contribution < -0.4 is 5.32 Å². The molecule has 2 N–H and O–H groups in total. The Morgan fingerprint density at radius 1 is 1.25 bits per heavy atom. The lowest BCUT2D eigenvalue weighted by Crippen LogP contribution is -2.41. The van der Waals surface area contributed by atoms with E-state index in [0.717, 1.165) is 12.8 Å². The standard InChI is InChI=1S/C13H25NO2/c1-10(2)12(9-15)13(16)14-11-7-5-3-4-6-8-11/h10-12,15H,3-9H2,1-2H3,(H,14,16). The number of carbonyl (C=O) groups is 1. The van der Waals surface area contributed by atoms with Gasteiger partial charge in [-0.25, -0.2) is 0 Å². The van der Waals surface area contributed by atoms with Gasteiger partial charge in [-0.15, -0.1) is 0 Å². The molecule has 0 spiro atoms. The molecule has 0 bridgehead atoms. The Balaban J connectivity index is 2.41. The Hall–Kier alpha value is -0.570. The van der Waals surface area contributed by atoms with Crippen molar-refractivity contribution in [3.63, 3.8) is 0 Å². The molecule has 1 fully saturated rings. The molecule has 3 heteroatoms. The Kier molecular flexibility index (Phi) is 5.81. The summed E-state index contributed by atoms with van der Waals surface area (Å²) in [5, 5.41) is 12.3. The molecule has 0 saturated heterocycles. The van der Waals surface area contributed by atoms with Gasteiger partial charge in [0.1, 0.15) is 0 Å². The largest absolute Gasteiger partial charge is 0.396 e. The summed E-state index contributed by atoms with van der Waals surface area (Å²) < 4.78 is 0. The maximum Gasteiger partial charge on any atom is 0.225 e. The normalized spacial score (nSPS) is 20.5. The number of carbonyl (C=O) groups excluding carboxylic acids is 1. The van der Waals surface area contributed by atoms with Gasteiger partial charge in [-0.3, -0.25) is 4.79 Å². The fourth-order valence-corrected chi connectivity index (χ4v) is 2.33. The average Bonchev–Trinajstić information content (AvgIpc) is 2.46. The third-order valence-electron chi connectivity index (χ3n) is 3.54. The summed E-state index contributed by atoms with van der Waals surface area (Å²) in [6.45, 7) is 3.91. The zero-order valence-electron chi connectivity index (χ0n) is 10.5. The minimum Gasteiger partial charge on any atom is -0.396 e. The van der Waals surface area contributed by atoms with E-state index in [1.54, 1.807) is 0 Å². The van der Waals surface area contributed by atoms with Gasteiger partial charge in [0, 0.05) is 6.04 Å². The second-order valence-corrected chi connectivity index (χ2v) is 5.23. The predicted molar refractivity (Wildman–Crippen MR) is 65.0 cm³/mol. The number of amides is 1. The molecule has 0 aromatic carbocycles. The molecule has 0 aliphatic heterocycles. The first-order chi connectivity index (χ1) is 7.65. The average molecular weight is 227 g/mol. The van der Waals surface area contributed by atoms with E-state index in [-0.39, 0.29) is 24.3 Å². The molecular formula is C13H25NO2. The van der Waals surface area contributed by atoms with Crippen molar-refractivity contribution in [1.29, 1.82) is 0 Å². The first-order valence-electron chi connectivity index (χ1n) is 6.56. The van der Waals surface area contributed by atoms with Gasteiger partial charge in [-0.2, -0.15) is 0 Å². The first kappa shape index (κ1) is 13.5. The molecule has 1 amide bonds.